The Hall–Kier alpha value is 0.459. The maximum atomic E-state index is 8.25. The molecule has 0 heterocycles. The molecule has 0 bridgehead atoms. The summed E-state index contributed by atoms with van der Waals surface area (Å²) in [5.74, 6) is 0. The van der Waals surface area contributed by atoms with Gasteiger partial charge in [-0.15, -0.1) is 0 Å². The first-order chi connectivity index (χ1) is 1.73. The van der Waals surface area contributed by atoms with E-state index in [-0.39, 0.29) is 45.9 Å². The van der Waals surface area contributed by atoms with Crippen molar-refractivity contribution in [3.8, 4) is 0 Å². The molecule has 7 heavy (non-hydrogen) atoms. The molecule has 0 aromatic heterocycles. The van der Waals surface area contributed by atoms with E-state index in [2.05, 4.69) is 0 Å². The summed E-state index contributed by atoms with van der Waals surface area (Å²) in [5.41, 5.74) is 0. The summed E-state index contributed by atoms with van der Waals surface area (Å²) in [4.78, 5) is 8.25. The molecule has 0 fully saturated rings. The molecule has 0 radical (unpaired) electrons. The Morgan fingerprint density at radius 1 is 1.29 bits per heavy atom. The minimum Gasteiger partial charge on any atom is -2.00 e. The van der Waals surface area contributed by atoms with Gasteiger partial charge in [0.05, 0.1) is 5.09 Å². The van der Waals surface area contributed by atoms with Gasteiger partial charge in [0.2, 0.25) is 0 Å². The molecular formula is AlMgNO4+2. The Labute approximate surface area is 66.4 Å². The molecule has 0 N–H and O–H groups in total. The molecule has 0 aliphatic rings. The van der Waals surface area contributed by atoms with Crippen LogP contribution in [0, 0.1) is 15.3 Å². The minimum atomic E-state index is -1.75. The molecule has 0 aromatic carbocycles. The van der Waals surface area contributed by atoms with Crippen LogP contribution in [0.25, 0.3) is 0 Å². The third kappa shape index (κ3) is 610. The zero-order valence-corrected chi connectivity index (χ0v) is 5.93. The number of hydrogen-bond acceptors (Lipinski definition) is 3. The zero-order chi connectivity index (χ0) is 3.58. The van der Waals surface area contributed by atoms with Crippen molar-refractivity contribution in [2.24, 2.45) is 0 Å². The average Bonchev–Trinajstić information content (AvgIpc) is 0.811. The topological polar surface area (TPSA) is 94.7 Å². The third-order valence-corrected chi connectivity index (χ3v) is 0. The number of nitrogens with zero attached hydrogens (tertiary/aromatic N) is 1. The second-order valence-corrected chi connectivity index (χ2v) is 0.224. The van der Waals surface area contributed by atoms with E-state index < -0.39 is 5.09 Å². The molecule has 0 rings (SSSR count). The van der Waals surface area contributed by atoms with Crippen LogP contribution >= 0.6 is 0 Å². The fourth-order valence-electron chi connectivity index (χ4n) is 0. The van der Waals surface area contributed by atoms with Gasteiger partial charge < -0.3 is 20.8 Å². The van der Waals surface area contributed by atoms with Gasteiger partial charge in [0.25, 0.3) is 0 Å². The Morgan fingerprint density at radius 3 is 1.29 bits per heavy atom. The van der Waals surface area contributed by atoms with E-state index in [0.717, 1.165) is 0 Å². The Morgan fingerprint density at radius 2 is 1.29 bits per heavy atom. The van der Waals surface area contributed by atoms with Crippen LogP contribution in [0.5, 0.6) is 0 Å². The summed E-state index contributed by atoms with van der Waals surface area (Å²) in [6, 6.07) is 0. The zero-order valence-electron chi connectivity index (χ0n) is 3.36. The second-order valence-electron chi connectivity index (χ2n) is 0.224. The van der Waals surface area contributed by atoms with Gasteiger partial charge >= 0.3 is 40.4 Å². The van der Waals surface area contributed by atoms with Crippen LogP contribution in [0.1, 0.15) is 0 Å². The molecule has 0 aliphatic heterocycles. The molecule has 0 amide bonds. The predicted octanol–water partition coefficient (Wildman–Crippen LogP) is -1.12. The van der Waals surface area contributed by atoms with Crippen molar-refractivity contribution in [2.75, 3.05) is 0 Å². The predicted molar refractivity (Wildman–Crippen MR) is 22.6 cm³/mol. The van der Waals surface area contributed by atoms with Crippen molar-refractivity contribution in [3.05, 3.63) is 15.3 Å². The molecule has 7 heteroatoms. The van der Waals surface area contributed by atoms with E-state index in [9.17, 15) is 0 Å². The van der Waals surface area contributed by atoms with Gasteiger partial charge in [-0.25, -0.2) is 0 Å². The fourth-order valence-corrected chi connectivity index (χ4v) is 0. The Balaban J connectivity index is -0.0000000150. The van der Waals surface area contributed by atoms with Gasteiger partial charge in [-0.3, -0.25) is 0 Å². The van der Waals surface area contributed by atoms with Gasteiger partial charge in [-0.2, -0.15) is 0 Å². The van der Waals surface area contributed by atoms with Crippen LogP contribution < -0.4 is 0 Å². The smallest absolute Gasteiger partial charge is 2.00 e. The van der Waals surface area contributed by atoms with Crippen LogP contribution in [0.2, 0.25) is 0 Å². The van der Waals surface area contributed by atoms with Crippen molar-refractivity contribution in [2.45, 2.75) is 0 Å². The largest absolute Gasteiger partial charge is 3.00 e. The summed E-state index contributed by atoms with van der Waals surface area (Å²) < 4.78 is 0. The number of rotatable bonds is 0. The van der Waals surface area contributed by atoms with E-state index in [1.54, 1.807) is 0 Å². The quantitative estimate of drug-likeness (QED) is 0.235. The molecule has 32 valence electrons. The van der Waals surface area contributed by atoms with E-state index in [0.29, 0.717) is 0 Å². The molecule has 0 aliphatic carbocycles. The molecule has 0 spiro atoms. The maximum absolute atomic E-state index is 8.25. The number of hydrogen-bond donors (Lipinski definition) is 0. The Bertz CT molecular complexity index is 34.7. The molecule has 0 atom stereocenters. The van der Waals surface area contributed by atoms with Crippen molar-refractivity contribution >= 4 is 40.4 Å². The second kappa shape index (κ2) is 16.1. The first-order valence-corrected chi connectivity index (χ1v) is 0.548. The van der Waals surface area contributed by atoms with Gasteiger partial charge in [-0.1, -0.05) is 0 Å². The maximum Gasteiger partial charge on any atom is 3.00 e. The van der Waals surface area contributed by atoms with Gasteiger partial charge in [0.15, 0.2) is 0 Å². The first-order valence-electron chi connectivity index (χ1n) is 0.548. The molecule has 0 saturated heterocycles. The van der Waals surface area contributed by atoms with Crippen LogP contribution in [-0.4, -0.2) is 45.5 Å². The van der Waals surface area contributed by atoms with Crippen LogP contribution in [0.4, 0.5) is 0 Å². The standard InChI is InChI=1S/Al.Mg.NO3.O/c;;2-1(3)4;/q+3;+2;-1;-2. The normalized spacial score (nSPS) is 3.43. The van der Waals surface area contributed by atoms with Gasteiger partial charge in [0, 0.05) is 0 Å². The molecule has 0 aromatic rings. The summed E-state index contributed by atoms with van der Waals surface area (Å²) >= 11 is 0. The van der Waals surface area contributed by atoms with Crippen molar-refractivity contribution in [1.82, 2.24) is 0 Å². The van der Waals surface area contributed by atoms with E-state index in [1.807, 2.05) is 0 Å². The van der Waals surface area contributed by atoms with E-state index in [4.69, 9.17) is 15.3 Å². The van der Waals surface area contributed by atoms with Crippen LogP contribution in [-0.2, 0) is 5.48 Å². The molecule has 5 nitrogen and oxygen atoms in total. The van der Waals surface area contributed by atoms with Gasteiger partial charge in [-0.05, 0) is 0 Å². The molecule has 0 saturated carbocycles. The van der Waals surface area contributed by atoms with Crippen LogP contribution in [0.15, 0.2) is 0 Å². The summed E-state index contributed by atoms with van der Waals surface area (Å²) in [6.07, 6.45) is 0. The Kier molecular flexibility index (Phi) is 59.8. The summed E-state index contributed by atoms with van der Waals surface area (Å²) in [5, 5.41) is 14.8. The first kappa shape index (κ1) is 26.0. The summed E-state index contributed by atoms with van der Waals surface area (Å²) in [7, 11) is 0. The van der Waals surface area contributed by atoms with Crippen molar-refractivity contribution in [3.63, 3.8) is 0 Å². The summed E-state index contributed by atoms with van der Waals surface area (Å²) in [6.45, 7) is 0. The minimum absolute atomic E-state index is 0. The SMILES string of the molecule is O=[N+]([O-])[O-].[Al+3].[Mg+2].[O-2]. The molecule has 0 unspecified atom stereocenters. The van der Waals surface area contributed by atoms with E-state index in [1.165, 1.54) is 0 Å². The van der Waals surface area contributed by atoms with Gasteiger partial charge in [0.1, 0.15) is 0 Å². The average molecular weight is 129 g/mol. The molecular weight excluding hydrogens is 129 g/mol. The van der Waals surface area contributed by atoms with Crippen molar-refractivity contribution in [1.29, 1.82) is 0 Å². The van der Waals surface area contributed by atoms with E-state index >= 15 is 0 Å². The fraction of sp³-hybridized carbons (Fsp3) is 0. The van der Waals surface area contributed by atoms with Crippen molar-refractivity contribution < 1.29 is 10.6 Å². The van der Waals surface area contributed by atoms with Crippen LogP contribution in [0.3, 0.4) is 0 Å². The third-order valence-electron chi connectivity index (χ3n) is 0. The monoisotopic (exact) mass is 129 g/mol.